The third-order valence-electron chi connectivity index (χ3n) is 2.25. The fourth-order valence-corrected chi connectivity index (χ4v) is 2.19. The first kappa shape index (κ1) is 12.5. The van der Waals surface area contributed by atoms with Crippen molar-refractivity contribution in [3.63, 3.8) is 0 Å². The molecule has 0 fully saturated rings. The summed E-state index contributed by atoms with van der Waals surface area (Å²) in [7, 11) is 0. The average molecular weight is 248 g/mol. The summed E-state index contributed by atoms with van der Waals surface area (Å²) < 4.78 is 1.72. The maximum absolute atomic E-state index is 10.9. The van der Waals surface area contributed by atoms with Gasteiger partial charge in [-0.3, -0.25) is 0 Å². The molecule has 15 heavy (non-hydrogen) atoms. The lowest BCUT2D eigenvalue weighted by Gasteiger charge is -2.14. The summed E-state index contributed by atoms with van der Waals surface area (Å²) in [5.41, 5.74) is 0.258. The Hall–Kier alpha value is -0.610. The first-order chi connectivity index (χ1) is 7.06. The molecule has 1 aromatic rings. The molecule has 0 amide bonds. The van der Waals surface area contributed by atoms with Crippen LogP contribution in [0, 0.1) is 0 Å². The molecule has 0 aromatic carbocycles. The van der Waals surface area contributed by atoms with Crippen molar-refractivity contribution in [2.24, 2.45) is 0 Å². The molecule has 0 saturated carbocycles. The number of hydrogen-bond acceptors (Lipinski definition) is 2. The van der Waals surface area contributed by atoms with Gasteiger partial charge in [0.15, 0.2) is 0 Å². The minimum absolute atomic E-state index is 0.163. The molecule has 0 aliphatic rings. The van der Waals surface area contributed by atoms with Gasteiger partial charge in [0.25, 0.3) is 0 Å². The van der Waals surface area contributed by atoms with Crippen LogP contribution in [0.3, 0.4) is 0 Å². The Kier molecular flexibility index (Phi) is 4.54. The van der Waals surface area contributed by atoms with Gasteiger partial charge >= 0.3 is 5.97 Å². The Bertz CT molecular complexity index is 351. The van der Waals surface area contributed by atoms with E-state index >= 15 is 0 Å². The smallest absolute Gasteiger partial charge is 0.352 e. The monoisotopic (exact) mass is 247 g/mol. The Morgan fingerprint density at radius 3 is 2.93 bits per heavy atom. The van der Waals surface area contributed by atoms with E-state index < -0.39 is 5.97 Å². The van der Waals surface area contributed by atoms with Gasteiger partial charge in [0, 0.05) is 12.2 Å². The molecule has 1 atom stereocenters. The van der Waals surface area contributed by atoms with Crippen LogP contribution in [-0.4, -0.2) is 27.7 Å². The second-order valence-electron chi connectivity index (χ2n) is 3.39. The number of aromatic carboxylic acids is 1. The predicted molar refractivity (Wildman–Crippen MR) is 64.1 cm³/mol. The summed E-state index contributed by atoms with van der Waals surface area (Å²) in [4.78, 5) is 10.9. The number of aromatic nitrogens is 1. The maximum Gasteiger partial charge on any atom is 0.352 e. The zero-order chi connectivity index (χ0) is 11.4. The molecule has 0 bridgehead atoms. The van der Waals surface area contributed by atoms with E-state index in [2.05, 4.69) is 0 Å². The molecule has 0 aliphatic heterocycles. The van der Waals surface area contributed by atoms with Crippen molar-refractivity contribution < 1.29 is 9.90 Å². The minimum Gasteiger partial charge on any atom is -0.477 e. The van der Waals surface area contributed by atoms with Crippen molar-refractivity contribution in [2.75, 3.05) is 12.0 Å². The average Bonchev–Trinajstić information content (AvgIpc) is 2.57. The lowest BCUT2D eigenvalue weighted by atomic mass is 10.2. The summed E-state index contributed by atoms with van der Waals surface area (Å²) in [6.07, 6.45) is 4.65. The molecule has 1 heterocycles. The quantitative estimate of drug-likeness (QED) is 0.869. The number of carboxylic acid groups (broad SMARTS) is 1. The second-order valence-corrected chi connectivity index (χ2v) is 4.81. The molecule has 1 rings (SSSR count). The van der Waals surface area contributed by atoms with E-state index in [9.17, 15) is 4.79 Å². The molecule has 1 unspecified atom stereocenters. The highest BCUT2D eigenvalue weighted by molar-refractivity contribution is 7.98. The van der Waals surface area contributed by atoms with E-state index in [1.165, 1.54) is 6.07 Å². The highest BCUT2D eigenvalue weighted by atomic mass is 35.5. The molecular weight excluding hydrogens is 234 g/mol. The molecule has 5 heteroatoms. The molecule has 3 nitrogen and oxygen atoms in total. The van der Waals surface area contributed by atoms with Gasteiger partial charge in [-0.25, -0.2) is 4.79 Å². The van der Waals surface area contributed by atoms with Crippen LogP contribution in [-0.2, 0) is 0 Å². The third-order valence-corrected chi connectivity index (χ3v) is 3.10. The molecule has 84 valence electrons. The molecule has 0 spiro atoms. The first-order valence-corrected chi connectivity index (χ1v) is 6.43. The van der Waals surface area contributed by atoms with Gasteiger partial charge in [0.2, 0.25) is 0 Å². The van der Waals surface area contributed by atoms with Gasteiger partial charge in [-0.2, -0.15) is 11.8 Å². The predicted octanol–water partition coefficient (Wildman–Crippen LogP) is 3.15. The highest BCUT2D eigenvalue weighted by Gasteiger charge is 2.15. The maximum atomic E-state index is 10.9. The van der Waals surface area contributed by atoms with Gasteiger partial charge in [0.1, 0.15) is 5.69 Å². The molecular formula is C10H14ClNO2S. The topological polar surface area (TPSA) is 42.2 Å². The summed E-state index contributed by atoms with van der Waals surface area (Å²) >= 11 is 7.55. The van der Waals surface area contributed by atoms with Gasteiger partial charge < -0.3 is 9.67 Å². The number of carboxylic acids is 1. The van der Waals surface area contributed by atoms with E-state index in [1.54, 1.807) is 22.5 Å². The van der Waals surface area contributed by atoms with Crippen LogP contribution in [0.25, 0.3) is 0 Å². The Morgan fingerprint density at radius 2 is 2.40 bits per heavy atom. The lowest BCUT2D eigenvalue weighted by molar-refractivity contribution is 0.0683. The number of hydrogen-bond donors (Lipinski definition) is 1. The van der Waals surface area contributed by atoms with Crippen LogP contribution >= 0.6 is 23.4 Å². The molecule has 0 saturated heterocycles. The van der Waals surface area contributed by atoms with Crippen LogP contribution in [0.1, 0.15) is 29.9 Å². The van der Waals surface area contributed by atoms with Crippen LogP contribution in [0.5, 0.6) is 0 Å². The lowest BCUT2D eigenvalue weighted by Crippen LogP contribution is -2.12. The fourth-order valence-electron chi connectivity index (χ4n) is 1.41. The zero-order valence-corrected chi connectivity index (χ0v) is 10.3. The van der Waals surface area contributed by atoms with E-state index in [-0.39, 0.29) is 11.7 Å². The molecule has 1 aromatic heterocycles. The largest absolute Gasteiger partial charge is 0.477 e. The van der Waals surface area contributed by atoms with Crippen molar-refractivity contribution in [1.29, 1.82) is 0 Å². The number of carbonyl (C=O) groups is 1. The fraction of sp³-hybridized carbons (Fsp3) is 0.500. The standard InChI is InChI=1S/C10H14ClNO2S/c1-7(3-4-15-2)12-6-8(11)5-9(12)10(13)14/h5-7H,3-4H2,1-2H3,(H,13,14). The zero-order valence-electron chi connectivity index (χ0n) is 8.74. The van der Waals surface area contributed by atoms with Crippen LogP contribution < -0.4 is 0 Å². The van der Waals surface area contributed by atoms with Gasteiger partial charge in [0.05, 0.1) is 5.02 Å². The third kappa shape index (κ3) is 3.18. The summed E-state index contributed by atoms with van der Waals surface area (Å²) in [6, 6.07) is 1.65. The number of rotatable bonds is 5. The van der Waals surface area contributed by atoms with E-state index in [1.807, 2.05) is 13.2 Å². The van der Waals surface area contributed by atoms with Crippen molar-refractivity contribution >= 4 is 29.3 Å². The second kappa shape index (κ2) is 5.47. The number of thioether (sulfide) groups is 1. The Morgan fingerprint density at radius 1 is 1.73 bits per heavy atom. The van der Waals surface area contributed by atoms with E-state index in [0.717, 1.165) is 12.2 Å². The van der Waals surface area contributed by atoms with Gasteiger partial charge in [-0.1, -0.05) is 11.6 Å². The van der Waals surface area contributed by atoms with Gasteiger partial charge in [-0.15, -0.1) is 0 Å². The summed E-state index contributed by atoms with van der Waals surface area (Å²) in [5.74, 6) is 0.0774. The Labute approximate surface area is 98.4 Å². The van der Waals surface area contributed by atoms with E-state index in [4.69, 9.17) is 16.7 Å². The normalized spacial score (nSPS) is 12.7. The van der Waals surface area contributed by atoms with E-state index in [0.29, 0.717) is 5.02 Å². The van der Waals surface area contributed by atoms with Gasteiger partial charge in [-0.05, 0) is 31.4 Å². The van der Waals surface area contributed by atoms with Crippen LogP contribution in [0.2, 0.25) is 5.02 Å². The molecule has 0 aliphatic carbocycles. The van der Waals surface area contributed by atoms with Crippen LogP contribution in [0.4, 0.5) is 0 Å². The number of halogens is 1. The van der Waals surface area contributed by atoms with Crippen molar-refractivity contribution in [3.8, 4) is 0 Å². The highest BCUT2D eigenvalue weighted by Crippen LogP contribution is 2.22. The number of nitrogens with zero attached hydrogens (tertiary/aromatic N) is 1. The summed E-state index contributed by atoms with van der Waals surface area (Å²) in [6.45, 7) is 2.00. The molecule has 1 N–H and O–H groups in total. The molecule has 0 radical (unpaired) electrons. The SMILES string of the molecule is CSCCC(C)n1cc(Cl)cc1C(=O)O. The minimum atomic E-state index is -0.932. The van der Waals surface area contributed by atoms with Crippen molar-refractivity contribution in [1.82, 2.24) is 4.57 Å². The van der Waals surface area contributed by atoms with Crippen molar-refractivity contribution in [3.05, 3.63) is 23.0 Å². The van der Waals surface area contributed by atoms with Crippen LogP contribution in [0.15, 0.2) is 12.3 Å². The Balaban J connectivity index is 2.86. The van der Waals surface area contributed by atoms with Crippen molar-refractivity contribution in [2.45, 2.75) is 19.4 Å². The summed E-state index contributed by atoms with van der Waals surface area (Å²) in [5, 5.41) is 9.44. The first-order valence-electron chi connectivity index (χ1n) is 4.66.